The summed E-state index contributed by atoms with van der Waals surface area (Å²) in [6.45, 7) is 1.06. The lowest BCUT2D eigenvalue weighted by Crippen LogP contribution is -2.42. The van der Waals surface area contributed by atoms with Crippen LogP contribution in [0, 0.1) is 5.92 Å². The third-order valence-corrected chi connectivity index (χ3v) is 5.19. The second kappa shape index (κ2) is 8.96. The molecule has 0 bridgehead atoms. The van der Waals surface area contributed by atoms with E-state index in [9.17, 15) is 14.4 Å². The van der Waals surface area contributed by atoms with Crippen LogP contribution in [0.3, 0.4) is 0 Å². The number of Topliss-reactive ketones (excluding diaryl/α,β-unsaturated/α-hetero) is 2. The van der Waals surface area contributed by atoms with Gasteiger partial charge in [0.2, 0.25) is 5.91 Å². The molecule has 1 aliphatic rings. The monoisotopic (exact) mass is 383 g/mol. The van der Waals surface area contributed by atoms with Crippen molar-refractivity contribution in [2.45, 2.75) is 25.7 Å². The second-order valence-corrected chi connectivity index (χ2v) is 7.28. The molecule has 0 radical (unpaired) electrons. The van der Waals surface area contributed by atoms with Gasteiger partial charge in [0.25, 0.3) is 0 Å². The van der Waals surface area contributed by atoms with Gasteiger partial charge in [0.15, 0.2) is 11.6 Å². The van der Waals surface area contributed by atoms with Gasteiger partial charge in [0, 0.05) is 48.0 Å². The number of hydrogen-bond acceptors (Lipinski definition) is 3. The highest BCUT2D eigenvalue weighted by molar-refractivity contribution is 6.30. The van der Waals surface area contributed by atoms with Crippen molar-refractivity contribution in [2.75, 3.05) is 13.1 Å². The number of halogens is 1. The first-order valence-electron chi connectivity index (χ1n) is 9.20. The van der Waals surface area contributed by atoms with Crippen LogP contribution < -0.4 is 0 Å². The summed E-state index contributed by atoms with van der Waals surface area (Å²) in [6, 6.07) is 15.9. The highest BCUT2D eigenvalue weighted by atomic mass is 35.5. The van der Waals surface area contributed by atoms with Crippen LogP contribution in [0.4, 0.5) is 0 Å². The van der Waals surface area contributed by atoms with Gasteiger partial charge in [0.05, 0.1) is 0 Å². The molecule has 1 amide bonds. The third-order valence-electron chi connectivity index (χ3n) is 4.94. The zero-order valence-electron chi connectivity index (χ0n) is 15.1. The molecular formula is C22H22ClNO3. The van der Waals surface area contributed by atoms with Crippen molar-refractivity contribution >= 4 is 29.1 Å². The number of carbonyl (C=O) groups is 3. The Morgan fingerprint density at radius 3 is 2.33 bits per heavy atom. The van der Waals surface area contributed by atoms with E-state index in [4.69, 9.17) is 11.6 Å². The molecule has 2 aromatic rings. The maximum Gasteiger partial charge on any atom is 0.223 e. The van der Waals surface area contributed by atoms with Crippen molar-refractivity contribution in [3.8, 4) is 0 Å². The second-order valence-electron chi connectivity index (χ2n) is 6.84. The maximum atomic E-state index is 12.7. The Kier molecular flexibility index (Phi) is 6.40. The number of amides is 1. The Morgan fingerprint density at radius 2 is 1.63 bits per heavy atom. The third kappa shape index (κ3) is 5.04. The molecule has 4 nitrogen and oxygen atoms in total. The molecule has 1 aliphatic heterocycles. The lowest BCUT2D eigenvalue weighted by atomic mass is 9.90. The molecule has 1 heterocycles. The summed E-state index contributed by atoms with van der Waals surface area (Å²) < 4.78 is 0. The van der Waals surface area contributed by atoms with Gasteiger partial charge in [-0.25, -0.2) is 0 Å². The average molecular weight is 384 g/mol. The zero-order chi connectivity index (χ0) is 19.2. The molecule has 0 unspecified atom stereocenters. The number of rotatable bonds is 6. The lowest BCUT2D eigenvalue weighted by Gasteiger charge is -2.32. The first-order chi connectivity index (χ1) is 13.0. The van der Waals surface area contributed by atoms with Crippen LogP contribution in [-0.2, 0) is 4.79 Å². The number of likely N-dealkylation sites (tertiary alicyclic amines) is 1. The molecule has 1 saturated heterocycles. The highest BCUT2D eigenvalue weighted by Gasteiger charge is 2.29. The first-order valence-corrected chi connectivity index (χ1v) is 9.58. The highest BCUT2D eigenvalue weighted by Crippen LogP contribution is 2.23. The van der Waals surface area contributed by atoms with Crippen LogP contribution in [0.5, 0.6) is 0 Å². The Bertz CT molecular complexity index is 817. The summed E-state index contributed by atoms with van der Waals surface area (Å²) in [5.74, 6) is -0.249. The summed E-state index contributed by atoms with van der Waals surface area (Å²) in [5, 5.41) is 0.593. The standard InChI is InChI=1S/C22H22ClNO3/c23-19-10-8-17(9-11-19)22(27)18-7-4-14-24(15-18)21(26)13-12-20(25)16-5-2-1-3-6-16/h1-3,5-6,8-11,18H,4,7,12-15H2/t18-/m1/s1. The number of benzene rings is 2. The minimum atomic E-state index is -0.200. The molecule has 2 aromatic carbocycles. The van der Waals surface area contributed by atoms with Gasteiger partial charge in [-0.15, -0.1) is 0 Å². The van der Waals surface area contributed by atoms with Gasteiger partial charge in [0.1, 0.15) is 0 Å². The van der Waals surface area contributed by atoms with E-state index in [1.165, 1.54) is 0 Å². The molecular weight excluding hydrogens is 362 g/mol. The molecule has 0 aliphatic carbocycles. The zero-order valence-corrected chi connectivity index (χ0v) is 15.8. The van der Waals surface area contributed by atoms with Crippen molar-refractivity contribution in [1.29, 1.82) is 0 Å². The molecule has 140 valence electrons. The van der Waals surface area contributed by atoms with Crippen molar-refractivity contribution in [3.05, 3.63) is 70.7 Å². The largest absolute Gasteiger partial charge is 0.342 e. The Labute approximate surface area is 164 Å². The molecule has 3 rings (SSSR count). The molecule has 27 heavy (non-hydrogen) atoms. The minimum absolute atomic E-state index is 0.0326. The van der Waals surface area contributed by atoms with Crippen molar-refractivity contribution in [2.24, 2.45) is 5.92 Å². The number of hydrogen-bond donors (Lipinski definition) is 0. The molecule has 1 fully saturated rings. The fraction of sp³-hybridized carbons (Fsp3) is 0.318. The van der Waals surface area contributed by atoms with E-state index in [1.54, 1.807) is 41.3 Å². The van der Waals surface area contributed by atoms with E-state index in [0.29, 0.717) is 29.2 Å². The summed E-state index contributed by atoms with van der Waals surface area (Å²) in [6.07, 6.45) is 1.93. The number of ketones is 2. The molecule has 1 atom stereocenters. The summed E-state index contributed by atoms with van der Waals surface area (Å²) in [5.41, 5.74) is 1.25. The SMILES string of the molecule is O=C(CCC(=O)N1CCC[C@@H](C(=O)c2ccc(Cl)cc2)C1)c1ccccc1. The number of nitrogens with zero attached hydrogens (tertiary/aromatic N) is 1. The Balaban J connectivity index is 1.55. The maximum absolute atomic E-state index is 12.7. The Hall–Kier alpha value is -2.46. The van der Waals surface area contributed by atoms with E-state index in [0.717, 1.165) is 12.8 Å². The predicted octanol–water partition coefficient (Wildman–Crippen LogP) is 4.42. The van der Waals surface area contributed by atoms with Crippen LogP contribution in [0.1, 0.15) is 46.4 Å². The molecule has 0 N–H and O–H groups in total. The molecule has 5 heteroatoms. The summed E-state index contributed by atoms with van der Waals surface area (Å²) in [7, 11) is 0. The molecule has 0 saturated carbocycles. The van der Waals surface area contributed by atoms with Gasteiger partial charge in [-0.05, 0) is 37.1 Å². The van der Waals surface area contributed by atoms with E-state index >= 15 is 0 Å². The normalized spacial score (nSPS) is 16.8. The van der Waals surface area contributed by atoms with Crippen LogP contribution in [-0.4, -0.2) is 35.5 Å². The number of carbonyl (C=O) groups excluding carboxylic acids is 3. The van der Waals surface area contributed by atoms with Crippen molar-refractivity contribution in [1.82, 2.24) is 4.90 Å². The smallest absolute Gasteiger partial charge is 0.223 e. The van der Waals surface area contributed by atoms with Crippen molar-refractivity contribution < 1.29 is 14.4 Å². The quantitative estimate of drug-likeness (QED) is 0.693. The van der Waals surface area contributed by atoms with E-state index in [1.807, 2.05) is 18.2 Å². The van der Waals surface area contributed by atoms with Crippen LogP contribution >= 0.6 is 11.6 Å². The predicted molar refractivity (Wildman–Crippen MR) is 105 cm³/mol. The topological polar surface area (TPSA) is 54.5 Å². The van der Waals surface area contributed by atoms with E-state index in [-0.39, 0.29) is 36.2 Å². The first kappa shape index (κ1) is 19.3. The molecule has 0 aromatic heterocycles. The number of piperidine rings is 1. The van der Waals surface area contributed by atoms with E-state index < -0.39 is 0 Å². The minimum Gasteiger partial charge on any atom is -0.342 e. The Morgan fingerprint density at radius 1 is 0.926 bits per heavy atom. The van der Waals surface area contributed by atoms with Gasteiger partial charge in [-0.3, -0.25) is 14.4 Å². The van der Waals surface area contributed by atoms with Gasteiger partial charge >= 0.3 is 0 Å². The summed E-state index contributed by atoms with van der Waals surface area (Å²) >= 11 is 5.88. The van der Waals surface area contributed by atoms with Crippen LogP contribution in [0.15, 0.2) is 54.6 Å². The van der Waals surface area contributed by atoms with E-state index in [2.05, 4.69) is 0 Å². The molecule has 0 spiro atoms. The van der Waals surface area contributed by atoms with Crippen molar-refractivity contribution in [3.63, 3.8) is 0 Å². The van der Waals surface area contributed by atoms with Gasteiger partial charge in [-0.2, -0.15) is 0 Å². The fourth-order valence-corrected chi connectivity index (χ4v) is 3.54. The lowest BCUT2D eigenvalue weighted by molar-refractivity contribution is -0.132. The van der Waals surface area contributed by atoms with Gasteiger partial charge in [-0.1, -0.05) is 41.9 Å². The summed E-state index contributed by atoms with van der Waals surface area (Å²) in [4.78, 5) is 39.1. The fourth-order valence-electron chi connectivity index (χ4n) is 3.41. The van der Waals surface area contributed by atoms with Crippen LogP contribution in [0.25, 0.3) is 0 Å². The van der Waals surface area contributed by atoms with Crippen LogP contribution in [0.2, 0.25) is 5.02 Å². The van der Waals surface area contributed by atoms with Gasteiger partial charge < -0.3 is 4.90 Å². The average Bonchev–Trinajstić information content (AvgIpc) is 2.72.